The van der Waals surface area contributed by atoms with Gasteiger partial charge in [0.2, 0.25) is 11.8 Å². The molecule has 1 fully saturated rings. The third-order valence-electron chi connectivity index (χ3n) is 3.78. The Bertz CT molecular complexity index is 508. The molecule has 0 aromatic heterocycles. The summed E-state index contributed by atoms with van der Waals surface area (Å²) in [6.07, 6.45) is 2.37. The predicted molar refractivity (Wildman–Crippen MR) is 84.3 cm³/mol. The second-order valence-corrected chi connectivity index (χ2v) is 5.41. The summed E-state index contributed by atoms with van der Waals surface area (Å²) in [7, 11) is 0. The normalized spacial score (nSPS) is 15.6. The van der Waals surface area contributed by atoms with Crippen molar-refractivity contribution in [1.82, 2.24) is 4.90 Å². The van der Waals surface area contributed by atoms with Crippen molar-refractivity contribution in [2.75, 3.05) is 23.7 Å². The lowest BCUT2D eigenvalue weighted by Gasteiger charge is -2.32. The molecule has 0 bridgehead atoms. The number of benzene rings is 1. The molecule has 1 aliphatic heterocycles. The number of likely N-dealkylation sites (tertiary alicyclic amines) is 1. The van der Waals surface area contributed by atoms with Crippen molar-refractivity contribution in [3.8, 4) is 0 Å². The summed E-state index contributed by atoms with van der Waals surface area (Å²) in [5.74, 6) is 0.166. The number of piperidine rings is 1. The smallest absolute Gasteiger partial charge is 0.224 e. The average molecular weight is 289 g/mol. The molecule has 2 rings (SSSR count). The number of nitrogens with one attached hydrogen (secondary N) is 2. The van der Waals surface area contributed by atoms with Crippen LogP contribution in [0.5, 0.6) is 0 Å². The van der Waals surface area contributed by atoms with Crippen LogP contribution < -0.4 is 10.6 Å². The molecule has 5 nitrogen and oxygen atoms in total. The summed E-state index contributed by atoms with van der Waals surface area (Å²) in [6.45, 7) is 5.06. The van der Waals surface area contributed by atoms with Crippen LogP contribution >= 0.6 is 0 Å². The first kappa shape index (κ1) is 15.4. The van der Waals surface area contributed by atoms with Gasteiger partial charge >= 0.3 is 0 Å². The molecule has 1 aliphatic rings. The zero-order valence-corrected chi connectivity index (χ0v) is 12.7. The van der Waals surface area contributed by atoms with E-state index in [9.17, 15) is 9.59 Å². The maximum Gasteiger partial charge on any atom is 0.224 e. The first-order valence-electron chi connectivity index (χ1n) is 7.50. The quantitative estimate of drug-likeness (QED) is 0.895. The minimum Gasteiger partial charge on any atom is -0.382 e. The fourth-order valence-electron chi connectivity index (χ4n) is 2.51. The summed E-state index contributed by atoms with van der Waals surface area (Å²) in [5.41, 5.74) is 1.82. The van der Waals surface area contributed by atoms with Gasteiger partial charge in [0.1, 0.15) is 0 Å². The minimum atomic E-state index is 0.0157. The summed E-state index contributed by atoms with van der Waals surface area (Å²) >= 11 is 0. The highest BCUT2D eigenvalue weighted by molar-refractivity contribution is 5.90. The zero-order valence-electron chi connectivity index (χ0n) is 12.7. The van der Waals surface area contributed by atoms with E-state index in [1.165, 1.54) is 0 Å². The molecule has 1 heterocycles. The van der Waals surface area contributed by atoms with Gasteiger partial charge in [-0.25, -0.2) is 0 Å². The molecule has 0 unspecified atom stereocenters. The summed E-state index contributed by atoms with van der Waals surface area (Å²) in [5, 5.41) is 6.34. The van der Waals surface area contributed by atoms with Gasteiger partial charge in [-0.05, 0) is 31.0 Å². The number of anilines is 2. The van der Waals surface area contributed by atoms with Crippen LogP contribution in [0.4, 0.5) is 11.4 Å². The van der Waals surface area contributed by atoms with Gasteiger partial charge in [-0.15, -0.1) is 0 Å². The van der Waals surface area contributed by atoms with Crippen LogP contribution in [0, 0.1) is 0 Å². The molecule has 2 N–H and O–H groups in total. The number of rotatable bonds is 4. The third-order valence-corrected chi connectivity index (χ3v) is 3.78. The summed E-state index contributed by atoms with van der Waals surface area (Å²) < 4.78 is 0. The van der Waals surface area contributed by atoms with Crippen molar-refractivity contribution in [1.29, 1.82) is 0 Å². The van der Waals surface area contributed by atoms with Crippen molar-refractivity contribution in [3.63, 3.8) is 0 Å². The van der Waals surface area contributed by atoms with Crippen LogP contribution in [0.1, 0.15) is 33.1 Å². The lowest BCUT2D eigenvalue weighted by Crippen LogP contribution is -2.41. The van der Waals surface area contributed by atoms with Gasteiger partial charge in [-0.1, -0.05) is 13.0 Å². The van der Waals surface area contributed by atoms with Crippen LogP contribution in [0.25, 0.3) is 0 Å². The van der Waals surface area contributed by atoms with E-state index in [-0.39, 0.29) is 11.8 Å². The zero-order chi connectivity index (χ0) is 15.2. The van der Waals surface area contributed by atoms with Crippen LogP contribution in [0.2, 0.25) is 0 Å². The minimum absolute atomic E-state index is 0.0157. The Labute approximate surface area is 125 Å². The topological polar surface area (TPSA) is 61.4 Å². The number of carbonyl (C=O) groups is 2. The Morgan fingerprint density at radius 2 is 1.90 bits per heavy atom. The van der Waals surface area contributed by atoms with E-state index in [4.69, 9.17) is 0 Å². The van der Waals surface area contributed by atoms with Crippen molar-refractivity contribution < 1.29 is 9.59 Å². The molecule has 0 aliphatic carbocycles. The lowest BCUT2D eigenvalue weighted by atomic mass is 10.0. The van der Waals surface area contributed by atoms with Gasteiger partial charge in [0.25, 0.3) is 0 Å². The van der Waals surface area contributed by atoms with Gasteiger partial charge in [0, 0.05) is 43.9 Å². The summed E-state index contributed by atoms with van der Waals surface area (Å²) in [6, 6.07) is 8.14. The Kier molecular flexibility index (Phi) is 5.20. The first-order chi connectivity index (χ1) is 10.1. The third kappa shape index (κ3) is 4.48. The van der Waals surface area contributed by atoms with Crippen molar-refractivity contribution in [2.24, 2.45) is 0 Å². The van der Waals surface area contributed by atoms with Gasteiger partial charge in [-0.2, -0.15) is 0 Å². The SMILES string of the molecule is CCC(=O)Nc1cccc(NC2CCN(C(C)=O)CC2)c1. The standard InChI is InChI=1S/C16H23N3O2/c1-3-16(21)18-15-6-4-5-14(11-15)17-13-7-9-19(10-8-13)12(2)20/h4-6,11,13,17H,3,7-10H2,1-2H3,(H,18,21). The largest absolute Gasteiger partial charge is 0.382 e. The molecular weight excluding hydrogens is 266 g/mol. The molecule has 114 valence electrons. The van der Waals surface area contributed by atoms with Crippen LogP contribution in [0.15, 0.2) is 24.3 Å². The fraction of sp³-hybridized carbons (Fsp3) is 0.500. The second kappa shape index (κ2) is 7.11. The highest BCUT2D eigenvalue weighted by Gasteiger charge is 2.20. The monoisotopic (exact) mass is 289 g/mol. The molecule has 1 aromatic rings. The van der Waals surface area contributed by atoms with Gasteiger partial charge in [0.15, 0.2) is 0 Å². The molecule has 0 radical (unpaired) electrons. The number of nitrogens with zero attached hydrogens (tertiary/aromatic N) is 1. The fourth-order valence-corrected chi connectivity index (χ4v) is 2.51. The number of carbonyl (C=O) groups excluding carboxylic acids is 2. The second-order valence-electron chi connectivity index (χ2n) is 5.41. The molecule has 0 saturated carbocycles. The Hall–Kier alpha value is -2.04. The van der Waals surface area contributed by atoms with E-state index in [1.54, 1.807) is 6.92 Å². The van der Waals surface area contributed by atoms with E-state index < -0.39 is 0 Å². The van der Waals surface area contributed by atoms with Gasteiger partial charge in [-0.3, -0.25) is 9.59 Å². The molecular formula is C16H23N3O2. The van der Waals surface area contributed by atoms with E-state index >= 15 is 0 Å². The Balaban J connectivity index is 1.90. The molecule has 2 amide bonds. The number of hydrogen-bond acceptors (Lipinski definition) is 3. The van der Waals surface area contributed by atoms with E-state index in [1.807, 2.05) is 36.1 Å². The molecule has 21 heavy (non-hydrogen) atoms. The maximum atomic E-state index is 11.4. The Morgan fingerprint density at radius 3 is 2.52 bits per heavy atom. The van der Waals surface area contributed by atoms with Crippen LogP contribution in [-0.4, -0.2) is 35.8 Å². The highest BCUT2D eigenvalue weighted by Crippen LogP contribution is 2.20. The van der Waals surface area contributed by atoms with Crippen molar-refractivity contribution in [2.45, 2.75) is 39.2 Å². The first-order valence-corrected chi connectivity index (χ1v) is 7.50. The maximum absolute atomic E-state index is 11.4. The van der Waals surface area contributed by atoms with Crippen LogP contribution in [0.3, 0.4) is 0 Å². The molecule has 0 spiro atoms. The lowest BCUT2D eigenvalue weighted by molar-refractivity contribution is -0.129. The Morgan fingerprint density at radius 1 is 1.24 bits per heavy atom. The number of amides is 2. The van der Waals surface area contributed by atoms with Gasteiger partial charge in [0.05, 0.1) is 0 Å². The molecule has 0 atom stereocenters. The van der Waals surface area contributed by atoms with E-state index in [2.05, 4.69) is 10.6 Å². The predicted octanol–water partition coefficient (Wildman–Crippen LogP) is 2.46. The highest BCUT2D eigenvalue weighted by atomic mass is 16.2. The molecule has 5 heteroatoms. The summed E-state index contributed by atoms with van der Waals surface area (Å²) in [4.78, 5) is 24.6. The van der Waals surface area contributed by atoms with E-state index in [0.717, 1.165) is 37.3 Å². The molecule has 1 saturated heterocycles. The average Bonchev–Trinajstić information content (AvgIpc) is 2.48. The molecule has 1 aromatic carbocycles. The number of hydrogen-bond donors (Lipinski definition) is 2. The van der Waals surface area contributed by atoms with Gasteiger partial charge < -0.3 is 15.5 Å². The van der Waals surface area contributed by atoms with Crippen LogP contribution in [-0.2, 0) is 9.59 Å². The van der Waals surface area contributed by atoms with E-state index in [0.29, 0.717) is 12.5 Å². The van der Waals surface area contributed by atoms with Crippen molar-refractivity contribution in [3.05, 3.63) is 24.3 Å². The van der Waals surface area contributed by atoms with Crippen molar-refractivity contribution >= 4 is 23.2 Å².